The van der Waals surface area contributed by atoms with Crippen molar-refractivity contribution in [2.75, 3.05) is 90.1 Å². The Morgan fingerprint density at radius 3 is 2.32 bits per heavy atom. The highest BCUT2D eigenvalue weighted by Gasteiger charge is 2.17. The summed E-state index contributed by atoms with van der Waals surface area (Å²) in [6.45, 7) is 14.5. The number of nitrogens with zero attached hydrogens (tertiary/aromatic N) is 4. The molecule has 0 unspecified atom stereocenters. The third-order valence-electron chi connectivity index (χ3n) is 5.63. The molecule has 2 N–H and O–H groups in total. The monoisotopic (exact) mass is 548 g/mol. The standard InChI is InChI=1S/C22H37FN6O.HI/c1-2-24-22(25-8-3-10-27-16-18-30-19-17-27)26-9-11-28-12-14-29(15-13-28)21-6-4-20(23)5-7-21;/h4-7H,2-3,8-19H2,1H3,(H2,24,25,26);1H. The van der Waals surface area contributed by atoms with Gasteiger partial charge in [0.2, 0.25) is 0 Å². The van der Waals surface area contributed by atoms with E-state index in [0.29, 0.717) is 0 Å². The largest absolute Gasteiger partial charge is 0.379 e. The van der Waals surface area contributed by atoms with E-state index in [0.717, 1.165) is 103 Å². The second-order valence-electron chi connectivity index (χ2n) is 7.80. The molecule has 0 aromatic heterocycles. The summed E-state index contributed by atoms with van der Waals surface area (Å²) in [5, 5.41) is 6.80. The Labute approximate surface area is 203 Å². The van der Waals surface area contributed by atoms with Crippen LogP contribution < -0.4 is 15.5 Å². The van der Waals surface area contributed by atoms with Crippen molar-refractivity contribution in [2.24, 2.45) is 4.99 Å². The number of morpholine rings is 1. The fourth-order valence-corrected chi connectivity index (χ4v) is 3.87. The lowest BCUT2D eigenvalue weighted by Crippen LogP contribution is -2.49. The third kappa shape index (κ3) is 9.46. The highest BCUT2D eigenvalue weighted by atomic mass is 127. The van der Waals surface area contributed by atoms with Gasteiger partial charge in [-0.25, -0.2) is 4.39 Å². The van der Waals surface area contributed by atoms with Crippen LogP contribution in [0.2, 0.25) is 0 Å². The molecule has 2 aliphatic heterocycles. The van der Waals surface area contributed by atoms with Gasteiger partial charge in [-0.1, -0.05) is 0 Å². The Hall–Kier alpha value is -1.17. The van der Waals surface area contributed by atoms with Gasteiger partial charge in [0.15, 0.2) is 5.96 Å². The molecule has 0 radical (unpaired) electrons. The molecule has 176 valence electrons. The topological polar surface area (TPSA) is 55.4 Å². The molecule has 2 aliphatic rings. The van der Waals surface area contributed by atoms with Gasteiger partial charge in [-0.15, -0.1) is 24.0 Å². The van der Waals surface area contributed by atoms with Crippen molar-refractivity contribution in [2.45, 2.75) is 13.3 Å². The first-order valence-electron chi connectivity index (χ1n) is 11.3. The summed E-state index contributed by atoms with van der Waals surface area (Å²) in [4.78, 5) is 12.0. The van der Waals surface area contributed by atoms with Crippen LogP contribution in [-0.2, 0) is 4.74 Å². The van der Waals surface area contributed by atoms with Crippen LogP contribution in [0.1, 0.15) is 13.3 Å². The number of piperazine rings is 1. The van der Waals surface area contributed by atoms with Gasteiger partial charge in [-0.3, -0.25) is 14.8 Å². The maximum atomic E-state index is 13.1. The number of ether oxygens (including phenoxy) is 1. The smallest absolute Gasteiger partial charge is 0.191 e. The highest BCUT2D eigenvalue weighted by Crippen LogP contribution is 2.16. The number of hydrogen-bond donors (Lipinski definition) is 2. The lowest BCUT2D eigenvalue weighted by molar-refractivity contribution is 0.0377. The van der Waals surface area contributed by atoms with E-state index in [1.165, 1.54) is 12.1 Å². The second-order valence-corrected chi connectivity index (χ2v) is 7.80. The van der Waals surface area contributed by atoms with Gasteiger partial charge in [0.25, 0.3) is 0 Å². The van der Waals surface area contributed by atoms with E-state index >= 15 is 0 Å². The first kappa shape index (κ1) is 26.1. The fraction of sp³-hybridized carbons (Fsp3) is 0.682. The van der Waals surface area contributed by atoms with Crippen LogP contribution in [0.15, 0.2) is 29.3 Å². The maximum absolute atomic E-state index is 13.1. The Balaban J connectivity index is 0.00000341. The number of aliphatic imine (C=N–C) groups is 1. The molecule has 3 rings (SSSR count). The molecular weight excluding hydrogens is 510 g/mol. The van der Waals surface area contributed by atoms with E-state index in [1.54, 1.807) is 0 Å². The van der Waals surface area contributed by atoms with Gasteiger partial charge in [-0.05, 0) is 37.6 Å². The molecule has 1 aromatic rings. The van der Waals surface area contributed by atoms with Crippen molar-refractivity contribution in [3.63, 3.8) is 0 Å². The van der Waals surface area contributed by atoms with Gasteiger partial charge in [0, 0.05) is 77.7 Å². The predicted molar refractivity (Wildman–Crippen MR) is 136 cm³/mol. The normalized spacial score (nSPS) is 18.5. The van der Waals surface area contributed by atoms with Crippen LogP contribution >= 0.6 is 24.0 Å². The van der Waals surface area contributed by atoms with Gasteiger partial charge >= 0.3 is 0 Å². The van der Waals surface area contributed by atoms with E-state index in [-0.39, 0.29) is 29.8 Å². The summed E-state index contributed by atoms with van der Waals surface area (Å²) in [6.07, 6.45) is 1.07. The zero-order valence-corrected chi connectivity index (χ0v) is 21.0. The molecular formula is C22H38FIN6O. The van der Waals surface area contributed by atoms with Crippen molar-refractivity contribution < 1.29 is 9.13 Å². The van der Waals surface area contributed by atoms with E-state index in [2.05, 4.69) is 32.3 Å². The number of nitrogens with one attached hydrogen (secondary N) is 2. The Kier molecular flexibility index (Phi) is 12.5. The minimum Gasteiger partial charge on any atom is -0.379 e. The average molecular weight is 548 g/mol. The minimum absolute atomic E-state index is 0. The molecule has 0 atom stereocenters. The summed E-state index contributed by atoms with van der Waals surface area (Å²) in [7, 11) is 0. The lowest BCUT2D eigenvalue weighted by atomic mass is 10.2. The molecule has 7 nitrogen and oxygen atoms in total. The van der Waals surface area contributed by atoms with Crippen LogP contribution in [0.25, 0.3) is 0 Å². The van der Waals surface area contributed by atoms with Crippen molar-refractivity contribution in [3.05, 3.63) is 30.1 Å². The number of benzene rings is 1. The zero-order valence-electron chi connectivity index (χ0n) is 18.7. The van der Waals surface area contributed by atoms with Gasteiger partial charge in [0.05, 0.1) is 13.2 Å². The highest BCUT2D eigenvalue weighted by molar-refractivity contribution is 14.0. The van der Waals surface area contributed by atoms with E-state index in [1.807, 2.05) is 12.1 Å². The van der Waals surface area contributed by atoms with Gasteiger partial charge < -0.3 is 20.3 Å². The fourth-order valence-electron chi connectivity index (χ4n) is 3.87. The first-order chi connectivity index (χ1) is 14.7. The molecule has 1 aromatic carbocycles. The summed E-state index contributed by atoms with van der Waals surface area (Å²) < 4.78 is 18.5. The molecule has 2 fully saturated rings. The molecule has 31 heavy (non-hydrogen) atoms. The van der Waals surface area contributed by atoms with Crippen LogP contribution in [-0.4, -0.2) is 101 Å². The summed E-state index contributed by atoms with van der Waals surface area (Å²) in [5.74, 6) is 0.729. The van der Waals surface area contributed by atoms with Crippen LogP contribution in [0.3, 0.4) is 0 Å². The quantitative estimate of drug-likeness (QED) is 0.213. The van der Waals surface area contributed by atoms with Crippen molar-refractivity contribution in [3.8, 4) is 0 Å². The summed E-state index contributed by atoms with van der Waals surface area (Å²) in [5.41, 5.74) is 1.10. The minimum atomic E-state index is -0.178. The molecule has 9 heteroatoms. The molecule has 0 amide bonds. The zero-order chi connectivity index (χ0) is 21.0. The number of guanidine groups is 1. The number of anilines is 1. The second kappa shape index (κ2) is 14.8. The number of halogens is 2. The van der Waals surface area contributed by atoms with E-state index < -0.39 is 0 Å². The van der Waals surface area contributed by atoms with Gasteiger partial charge in [-0.2, -0.15) is 0 Å². The van der Waals surface area contributed by atoms with Crippen LogP contribution in [0.5, 0.6) is 0 Å². The molecule has 2 heterocycles. The molecule has 0 spiro atoms. The molecule has 0 aliphatic carbocycles. The van der Waals surface area contributed by atoms with Crippen molar-refractivity contribution >= 4 is 35.6 Å². The van der Waals surface area contributed by atoms with Crippen LogP contribution in [0, 0.1) is 5.82 Å². The average Bonchev–Trinajstić information content (AvgIpc) is 2.78. The summed E-state index contributed by atoms with van der Waals surface area (Å²) >= 11 is 0. The molecule has 0 saturated carbocycles. The maximum Gasteiger partial charge on any atom is 0.191 e. The summed E-state index contributed by atoms with van der Waals surface area (Å²) in [6, 6.07) is 6.80. The molecule has 2 saturated heterocycles. The first-order valence-corrected chi connectivity index (χ1v) is 11.3. The third-order valence-corrected chi connectivity index (χ3v) is 5.63. The van der Waals surface area contributed by atoms with E-state index in [4.69, 9.17) is 9.73 Å². The Morgan fingerprint density at radius 1 is 0.968 bits per heavy atom. The number of rotatable bonds is 9. The predicted octanol–water partition coefficient (Wildman–Crippen LogP) is 1.84. The Bertz CT molecular complexity index is 633. The van der Waals surface area contributed by atoms with Gasteiger partial charge in [0.1, 0.15) is 5.82 Å². The Morgan fingerprint density at radius 2 is 1.65 bits per heavy atom. The van der Waals surface area contributed by atoms with Crippen LogP contribution in [0.4, 0.5) is 10.1 Å². The van der Waals surface area contributed by atoms with E-state index in [9.17, 15) is 4.39 Å². The van der Waals surface area contributed by atoms with Crippen molar-refractivity contribution in [1.29, 1.82) is 0 Å². The molecule has 0 bridgehead atoms. The lowest BCUT2D eigenvalue weighted by Gasteiger charge is -2.36. The SMILES string of the molecule is CCNC(=NCCCN1CCOCC1)NCCN1CCN(c2ccc(F)cc2)CC1.I. The van der Waals surface area contributed by atoms with Crippen molar-refractivity contribution in [1.82, 2.24) is 20.4 Å². The number of hydrogen-bond acceptors (Lipinski definition) is 5.